The number of nitrogens with zero attached hydrogens (tertiary/aromatic N) is 2. The Hall–Kier alpha value is -3.91. The molecule has 0 saturated heterocycles. The highest BCUT2D eigenvalue weighted by atomic mass is 19.1. The van der Waals surface area contributed by atoms with Gasteiger partial charge in [0.1, 0.15) is 5.82 Å². The van der Waals surface area contributed by atoms with Crippen LogP contribution in [0.4, 0.5) is 26.2 Å². The number of hydrogen-bond donors (Lipinski definition) is 3. The lowest BCUT2D eigenvalue weighted by Crippen LogP contribution is -2.39. The summed E-state index contributed by atoms with van der Waals surface area (Å²) < 4.78 is 13.6. The maximum Gasteiger partial charge on any atom is 0.322 e. The van der Waals surface area contributed by atoms with Crippen LogP contribution in [0, 0.1) is 12.7 Å². The van der Waals surface area contributed by atoms with E-state index in [2.05, 4.69) is 10.6 Å². The summed E-state index contributed by atoms with van der Waals surface area (Å²) in [6.45, 7) is 3.18. The number of urea groups is 1. The predicted octanol–water partition coefficient (Wildman–Crippen LogP) is 4.56. The van der Waals surface area contributed by atoms with Gasteiger partial charge in [0.15, 0.2) is 0 Å². The Morgan fingerprint density at radius 3 is 2.29 bits per heavy atom. The highest BCUT2D eigenvalue weighted by Gasteiger charge is 2.16. The van der Waals surface area contributed by atoms with E-state index in [0.29, 0.717) is 47.8 Å². The molecular formula is C26H30FN5O2. The van der Waals surface area contributed by atoms with Crippen LogP contribution in [0.15, 0.2) is 66.7 Å². The molecule has 3 amide bonds. The zero-order valence-corrected chi connectivity index (χ0v) is 19.6. The number of amides is 3. The summed E-state index contributed by atoms with van der Waals surface area (Å²) in [6.07, 6.45) is 0. The molecule has 0 bridgehead atoms. The minimum Gasteiger partial charge on any atom is -0.397 e. The van der Waals surface area contributed by atoms with Crippen molar-refractivity contribution < 1.29 is 14.0 Å². The van der Waals surface area contributed by atoms with E-state index in [1.807, 2.05) is 31.1 Å². The van der Waals surface area contributed by atoms with Crippen LogP contribution in [0.3, 0.4) is 0 Å². The maximum atomic E-state index is 13.6. The Balaban J connectivity index is 1.69. The fourth-order valence-electron chi connectivity index (χ4n) is 3.29. The summed E-state index contributed by atoms with van der Waals surface area (Å²) in [7, 11) is 3.87. The molecule has 0 aliphatic rings. The predicted molar refractivity (Wildman–Crippen MR) is 134 cm³/mol. The number of aryl methyl sites for hydroxylation is 1. The molecule has 3 aromatic carbocycles. The van der Waals surface area contributed by atoms with Crippen molar-refractivity contribution in [3.63, 3.8) is 0 Å². The molecule has 0 aliphatic heterocycles. The van der Waals surface area contributed by atoms with Crippen molar-refractivity contribution in [1.82, 2.24) is 9.80 Å². The van der Waals surface area contributed by atoms with E-state index in [9.17, 15) is 14.0 Å². The summed E-state index contributed by atoms with van der Waals surface area (Å²) in [5, 5.41) is 5.64. The first-order valence-electron chi connectivity index (χ1n) is 10.9. The molecule has 0 aromatic heterocycles. The van der Waals surface area contributed by atoms with Gasteiger partial charge in [-0.3, -0.25) is 4.79 Å². The fourth-order valence-corrected chi connectivity index (χ4v) is 3.29. The normalized spacial score (nSPS) is 10.7. The molecule has 34 heavy (non-hydrogen) atoms. The number of para-hydroxylation sites is 2. The molecule has 8 heteroatoms. The summed E-state index contributed by atoms with van der Waals surface area (Å²) in [5.74, 6) is -0.583. The molecule has 3 rings (SSSR count). The first-order valence-corrected chi connectivity index (χ1v) is 10.9. The van der Waals surface area contributed by atoms with Crippen molar-refractivity contribution >= 4 is 29.0 Å². The van der Waals surface area contributed by atoms with Crippen molar-refractivity contribution in [3.8, 4) is 0 Å². The number of carbonyl (C=O) groups excluding carboxylic acids is 2. The smallest absolute Gasteiger partial charge is 0.322 e. The molecule has 0 radical (unpaired) electrons. The van der Waals surface area contributed by atoms with Gasteiger partial charge >= 0.3 is 6.03 Å². The van der Waals surface area contributed by atoms with Gasteiger partial charge in [-0.25, -0.2) is 9.18 Å². The molecule has 0 saturated carbocycles. The van der Waals surface area contributed by atoms with Crippen LogP contribution in [-0.2, 0) is 6.54 Å². The number of likely N-dealkylation sites (N-methyl/N-ethyl adjacent to an activating group) is 1. The van der Waals surface area contributed by atoms with Crippen LogP contribution in [0.25, 0.3) is 0 Å². The molecule has 0 aliphatic carbocycles. The van der Waals surface area contributed by atoms with Gasteiger partial charge in [-0.15, -0.1) is 0 Å². The van der Waals surface area contributed by atoms with Gasteiger partial charge in [0.05, 0.1) is 11.4 Å². The second kappa shape index (κ2) is 11.3. The summed E-state index contributed by atoms with van der Waals surface area (Å²) >= 11 is 0. The molecule has 0 unspecified atom stereocenters. The van der Waals surface area contributed by atoms with Gasteiger partial charge in [-0.1, -0.05) is 24.3 Å². The number of carbonyl (C=O) groups is 2. The minimum absolute atomic E-state index is 0.265. The molecule has 0 heterocycles. The van der Waals surface area contributed by atoms with Crippen LogP contribution in [0.1, 0.15) is 21.5 Å². The van der Waals surface area contributed by atoms with Crippen molar-refractivity contribution in [2.45, 2.75) is 13.5 Å². The second-order valence-corrected chi connectivity index (χ2v) is 8.36. The molecule has 3 aromatic rings. The van der Waals surface area contributed by atoms with E-state index < -0.39 is 0 Å². The number of nitrogens with two attached hydrogens (primary N) is 1. The van der Waals surface area contributed by atoms with Gasteiger partial charge in [0.25, 0.3) is 5.91 Å². The van der Waals surface area contributed by atoms with Gasteiger partial charge in [-0.05, 0) is 74.6 Å². The van der Waals surface area contributed by atoms with E-state index in [0.717, 1.165) is 5.56 Å². The zero-order valence-electron chi connectivity index (χ0n) is 19.6. The molecule has 4 N–H and O–H groups in total. The number of rotatable bonds is 8. The molecule has 7 nitrogen and oxygen atoms in total. The standard InChI is InChI=1S/C26H30FN5O2/c1-18-16-21(12-13-22(18)27)29-26(34)32(15-14-31(2)3)17-19-8-10-20(11-9-19)25(33)30-24-7-5-4-6-23(24)28/h4-13,16H,14-15,17,28H2,1-3H3,(H,29,34)(H,30,33). The van der Waals surface area contributed by atoms with E-state index in [1.165, 1.54) is 12.1 Å². The van der Waals surface area contributed by atoms with Crippen molar-refractivity contribution in [2.24, 2.45) is 0 Å². The summed E-state index contributed by atoms with van der Waals surface area (Å²) in [4.78, 5) is 29.2. The third-order valence-electron chi connectivity index (χ3n) is 5.31. The average molecular weight is 464 g/mol. The summed E-state index contributed by atoms with van der Waals surface area (Å²) in [6, 6.07) is 18.3. The lowest BCUT2D eigenvalue weighted by molar-refractivity contribution is 0.102. The number of nitrogens with one attached hydrogen (secondary N) is 2. The van der Waals surface area contributed by atoms with Gasteiger partial charge in [0.2, 0.25) is 0 Å². The lowest BCUT2D eigenvalue weighted by atomic mass is 10.1. The van der Waals surface area contributed by atoms with E-state index in [4.69, 9.17) is 5.73 Å². The molecule has 0 spiro atoms. The highest BCUT2D eigenvalue weighted by molar-refractivity contribution is 6.05. The Labute approximate surface area is 199 Å². The van der Waals surface area contributed by atoms with Gasteiger partial charge in [-0.2, -0.15) is 0 Å². The van der Waals surface area contributed by atoms with Crippen LogP contribution in [0.5, 0.6) is 0 Å². The van der Waals surface area contributed by atoms with Crippen LogP contribution in [0.2, 0.25) is 0 Å². The average Bonchev–Trinajstić information content (AvgIpc) is 2.80. The monoisotopic (exact) mass is 463 g/mol. The molecule has 178 valence electrons. The number of anilines is 3. The third kappa shape index (κ3) is 6.79. The van der Waals surface area contributed by atoms with Crippen LogP contribution >= 0.6 is 0 Å². The number of nitrogen functional groups attached to an aromatic ring is 1. The van der Waals surface area contributed by atoms with E-state index >= 15 is 0 Å². The van der Waals surface area contributed by atoms with Crippen molar-refractivity contribution in [2.75, 3.05) is 43.6 Å². The largest absolute Gasteiger partial charge is 0.397 e. The second-order valence-electron chi connectivity index (χ2n) is 8.36. The quantitative estimate of drug-likeness (QED) is 0.427. The maximum absolute atomic E-state index is 13.6. The minimum atomic E-state index is -0.318. The highest BCUT2D eigenvalue weighted by Crippen LogP contribution is 2.19. The molecular weight excluding hydrogens is 433 g/mol. The Morgan fingerprint density at radius 2 is 1.65 bits per heavy atom. The number of hydrogen-bond acceptors (Lipinski definition) is 4. The lowest BCUT2D eigenvalue weighted by Gasteiger charge is -2.25. The Morgan fingerprint density at radius 1 is 0.941 bits per heavy atom. The Kier molecular flexibility index (Phi) is 8.21. The van der Waals surface area contributed by atoms with Crippen LogP contribution in [-0.4, -0.2) is 48.9 Å². The topological polar surface area (TPSA) is 90.7 Å². The summed E-state index contributed by atoms with van der Waals surface area (Å²) in [5.41, 5.74) is 9.30. The number of benzene rings is 3. The van der Waals surface area contributed by atoms with E-state index in [-0.39, 0.29) is 17.8 Å². The van der Waals surface area contributed by atoms with E-state index in [1.54, 1.807) is 54.3 Å². The van der Waals surface area contributed by atoms with Gasteiger partial charge < -0.3 is 26.2 Å². The first-order chi connectivity index (χ1) is 16.2. The fraction of sp³-hybridized carbons (Fsp3) is 0.231. The molecule has 0 atom stereocenters. The third-order valence-corrected chi connectivity index (χ3v) is 5.31. The first kappa shape index (κ1) is 24.7. The van der Waals surface area contributed by atoms with Crippen molar-refractivity contribution in [1.29, 1.82) is 0 Å². The van der Waals surface area contributed by atoms with Crippen molar-refractivity contribution in [3.05, 3.63) is 89.2 Å². The molecule has 0 fully saturated rings. The Bertz CT molecular complexity index is 1150. The number of halogens is 1. The zero-order chi connectivity index (χ0) is 24.7. The SMILES string of the molecule is Cc1cc(NC(=O)N(CCN(C)C)Cc2ccc(C(=O)Nc3ccccc3N)cc2)ccc1F. The van der Waals surface area contributed by atoms with Gasteiger partial charge in [0, 0.05) is 30.9 Å². The van der Waals surface area contributed by atoms with Crippen LogP contribution < -0.4 is 16.4 Å².